The van der Waals surface area contributed by atoms with E-state index in [0.29, 0.717) is 6.04 Å². The molecule has 17 heavy (non-hydrogen) atoms. The summed E-state index contributed by atoms with van der Waals surface area (Å²) < 4.78 is 0. The van der Waals surface area contributed by atoms with E-state index in [0.717, 1.165) is 12.2 Å². The van der Waals surface area contributed by atoms with Crippen LogP contribution in [0.4, 0.5) is 5.69 Å². The van der Waals surface area contributed by atoms with Gasteiger partial charge in [-0.15, -0.1) is 11.8 Å². The molecule has 1 atom stereocenters. The van der Waals surface area contributed by atoms with Crippen LogP contribution in [0, 0.1) is 0 Å². The Morgan fingerprint density at radius 3 is 2.59 bits per heavy atom. The Bertz CT molecular complexity index is 300. The highest BCUT2D eigenvalue weighted by atomic mass is 32.2. The van der Waals surface area contributed by atoms with E-state index in [2.05, 4.69) is 43.4 Å². The molecule has 0 radical (unpaired) electrons. The highest BCUT2D eigenvalue weighted by molar-refractivity contribution is 7.99. The molecular weight excluding hydrogens is 230 g/mol. The molecular formula is C14H23NOS. The summed E-state index contributed by atoms with van der Waals surface area (Å²) in [6.07, 6.45) is 3.27. The lowest BCUT2D eigenvalue weighted by molar-refractivity contribution is 0.296. The van der Waals surface area contributed by atoms with Crippen molar-refractivity contribution in [3.05, 3.63) is 24.3 Å². The van der Waals surface area contributed by atoms with Gasteiger partial charge in [-0.25, -0.2) is 0 Å². The molecule has 0 spiro atoms. The molecule has 0 aliphatic carbocycles. The van der Waals surface area contributed by atoms with Crippen molar-refractivity contribution in [2.75, 3.05) is 17.7 Å². The number of rotatable bonds is 8. The zero-order valence-corrected chi connectivity index (χ0v) is 11.6. The summed E-state index contributed by atoms with van der Waals surface area (Å²) >= 11 is 1.80. The van der Waals surface area contributed by atoms with Gasteiger partial charge >= 0.3 is 0 Å². The van der Waals surface area contributed by atoms with Crippen LogP contribution in [0.5, 0.6) is 0 Å². The minimum Gasteiger partial charge on any atom is -0.396 e. The number of benzene rings is 1. The standard InChI is InChI=1S/C14H23NOS/c1-3-5-12(2)15-13-6-8-14(9-7-13)17-11-4-10-16/h6-9,12,15-16H,3-5,10-11H2,1-2H3. The van der Waals surface area contributed by atoms with Crippen LogP contribution in [0.1, 0.15) is 33.1 Å². The predicted molar refractivity (Wildman–Crippen MR) is 76.9 cm³/mol. The van der Waals surface area contributed by atoms with Gasteiger partial charge in [0.2, 0.25) is 0 Å². The van der Waals surface area contributed by atoms with Gasteiger partial charge < -0.3 is 10.4 Å². The van der Waals surface area contributed by atoms with Crippen LogP contribution in [0.2, 0.25) is 0 Å². The average Bonchev–Trinajstić information content (AvgIpc) is 2.32. The number of aliphatic hydroxyl groups excluding tert-OH is 1. The van der Waals surface area contributed by atoms with Gasteiger partial charge in [-0.2, -0.15) is 0 Å². The second kappa shape index (κ2) is 8.43. The smallest absolute Gasteiger partial charge is 0.0439 e. The van der Waals surface area contributed by atoms with Crippen LogP contribution in [0.3, 0.4) is 0 Å². The van der Waals surface area contributed by atoms with E-state index in [9.17, 15) is 0 Å². The van der Waals surface area contributed by atoms with Crippen LogP contribution in [0.15, 0.2) is 29.2 Å². The molecule has 1 unspecified atom stereocenters. The van der Waals surface area contributed by atoms with Crippen molar-refractivity contribution in [1.29, 1.82) is 0 Å². The van der Waals surface area contributed by atoms with E-state index in [4.69, 9.17) is 5.11 Å². The number of anilines is 1. The van der Waals surface area contributed by atoms with Crippen molar-refractivity contribution < 1.29 is 5.11 Å². The Hall–Kier alpha value is -0.670. The molecule has 2 nitrogen and oxygen atoms in total. The highest BCUT2D eigenvalue weighted by Gasteiger charge is 2.00. The summed E-state index contributed by atoms with van der Waals surface area (Å²) in [6, 6.07) is 9.08. The molecule has 1 aromatic carbocycles. The van der Waals surface area contributed by atoms with Gasteiger partial charge in [0.1, 0.15) is 0 Å². The molecule has 0 bridgehead atoms. The summed E-state index contributed by atoms with van der Waals surface area (Å²) in [5, 5.41) is 12.2. The van der Waals surface area contributed by atoms with Crippen molar-refractivity contribution in [2.45, 2.75) is 44.0 Å². The summed E-state index contributed by atoms with van der Waals surface area (Å²) in [4.78, 5) is 1.27. The van der Waals surface area contributed by atoms with Crippen LogP contribution < -0.4 is 5.32 Å². The first-order valence-electron chi connectivity index (χ1n) is 6.36. The number of hydrogen-bond acceptors (Lipinski definition) is 3. The maximum atomic E-state index is 8.71. The van der Waals surface area contributed by atoms with Gasteiger partial charge in [0.25, 0.3) is 0 Å². The van der Waals surface area contributed by atoms with E-state index >= 15 is 0 Å². The predicted octanol–water partition coefficient (Wildman–Crippen LogP) is 3.76. The molecule has 0 fully saturated rings. The number of nitrogens with one attached hydrogen (secondary N) is 1. The highest BCUT2D eigenvalue weighted by Crippen LogP contribution is 2.21. The quantitative estimate of drug-likeness (QED) is 0.546. The Morgan fingerprint density at radius 1 is 1.29 bits per heavy atom. The molecule has 1 aromatic rings. The second-order valence-electron chi connectivity index (χ2n) is 4.28. The lowest BCUT2D eigenvalue weighted by Gasteiger charge is -2.14. The Balaban J connectivity index is 2.39. The van der Waals surface area contributed by atoms with Crippen LogP contribution in [-0.4, -0.2) is 23.5 Å². The molecule has 0 aromatic heterocycles. The maximum Gasteiger partial charge on any atom is 0.0439 e. The molecule has 0 saturated carbocycles. The summed E-state index contributed by atoms with van der Waals surface area (Å²) in [5.74, 6) is 0.982. The van der Waals surface area contributed by atoms with Gasteiger partial charge in [0, 0.05) is 29.0 Å². The van der Waals surface area contributed by atoms with Gasteiger partial charge in [-0.1, -0.05) is 13.3 Å². The fourth-order valence-corrected chi connectivity index (χ4v) is 2.53. The van der Waals surface area contributed by atoms with E-state index in [1.165, 1.54) is 23.4 Å². The molecule has 3 heteroatoms. The topological polar surface area (TPSA) is 32.3 Å². The van der Waals surface area contributed by atoms with E-state index in [-0.39, 0.29) is 6.61 Å². The van der Waals surface area contributed by atoms with Crippen molar-refractivity contribution in [1.82, 2.24) is 0 Å². The average molecular weight is 253 g/mol. The lowest BCUT2D eigenvalue weighted by Crippen LogP contribution is -2.14. The van der Waals surface area contributed by atoms with Crippen LogP contribution >= 0.6 is 11.8 Å². The zero-order chi connectivity index (χ0) is 12.5. The Kier molecular flexibility index (Phi) is 7.13. The van der Waals surface area contributed by atoms with Gasteiger partial charge in [-0.3, -0.25) is 0 Å². The first kappa shape index (κ1) is 14.4. The van der Waals surface area contributed by atoms with E-state index in [1.807, 2.05) is 0 Å². The summed E-state index contributed by atoms with van der Waals surface area (Å²) in [6.45, 7) is 4.70. The molecule has 0 amide bonds. The number of aliphatic hydroxyl groups is 1. The third-order valence-corrected chi connectivity index (χ3v) is 3.66. The summed E-state index contributed by atoms with van der Waals surface area (Å²) in [7, 11) is 0. The molecule has 0 saturated heterocycles. The van der Waals surface area contributed by atoms with Crippen LogP contribution in [-0.2, 0) is 0 Å². The van der Waals surface area contributed by atoms with Gasteiger partial charge in [-0.05, 0) is 44.0 Å². The minimum absolute atomic E-state index is 0.279. The molecule has 1 rings (SSSR count). The summed E-state index contributed by atoms with van der Waals surface area (Å²) in [5.41, 5.74) is 1.19. The zero-order valence-electron chi connectivity index (χ0n) is 10.8. The van der Waals surface area contributed by atoms with Crippen molar-refractivity contribution in [3.8, 4) is 0 Å². The normalized spacial score (nSPS) is 12.4. The fraction of sp³-hybridized carbons (Fsp3) is 0.571. The monoisotopic (exact) mass is 253 g/mol. The molecule has 96 valence electrons. The lowest BCUT2D eigenvalue weighted by atomic mass is 10.2. The van der Waals surface area contributed by atoms with Gasteiger partial charge in [0.15, 0.2) is 0 Å². The maximum absolute atomic E-state index is 8.71. The number of hydrogen-bond donors (Lipinski definition) is 2. The van der Waals surface area contributed by atoms with Crippen molar-refractivity contribution in [2.24, 2.45) is 0 Å². The molecule has 2 N–H and O–H groups in total. The fourth-order valence-electron chi connectivity index (χ4n) is 1.69. The van der Waals surface area contributed by atoms with Gasteiger partial charge in [0.05, 0.1) is 0 Å². The van der Waals surface area contributed by atoms with E-state index < -0.39 is 0 Å². The molecule has 0 aliphatic heterocycles. The first-order valence-corrected chi connectivity index (χ1v) is 7.35. The number of thioether (sulfide) groups is 1. The Labute approximate surface area is 109 Å². The van der Waals surface area contributed by atoms with Crippen molar-refractivity contribution in [3.63, 3.8) is 0 Å². The van der Waals surface area contributed by atoms with E-state index in [1.54, 1.807) is 11.8 Å². The Morgan fingerprint density at radius 2 is 2.00 bits per heavy atom. The SMILES string of the molecule is CCCC(C)Nc1ccc(SCCCO)cc1. The van der Waals surface area contributed by atoms with Crippen molar-refractivity contribution >= 4 is 17.4 Å². The molecule has 0 heterocycles. The largest absolute Gasteiger partial charge is 0.396 e. The second-order valence-corrected chi connectivity index (χ2v) is 5.45. The van der Waals surface area contributed by atoms with Crippen LogP contribution in [0.25, 0.3) is 0 Å². The third kappa shape index (κ3) is 5.99. The minimum atomic E-state index is 0.279. The first-order chi connectivity index (χ1) is 8.26. The third-order valence-electron chi connectivity index (χ3n) is 2.56. The molecule has 0 aliphatic rings.